The number of aromatic nitrogens is 3. The van der Waals surface area contributed by atoms with Gasteiger partial charge in [0.25, 0.3) is 0 Å². The van der Waals surface area contributed by atoms with E-state index >= 15 is 8.78 Å². The minimum atomic E-state index is -4.80. The topological polar surface area (TPSA) is 84.6 Å². The number of thioether (sulfide) groups is 1. The van der Waals surface area contributed by atoms with Gasteiger partial charge in [-0.3, -0.25) is 9.69 Å². The maximum Gasteiger partial charge on any atom is 0.573 e. The summed E-state index contributed by atoms with van der Waals surface area (Å²) in [5.74, 6) is -0.0404. The molecule has 240 valence electrons. The van der Waals surface area contributed by atoms with Crippen molar-refractivity contribution < 1.29 is 31.5 Å². The number of aliphatic imine (C=N–C) groups is 1. The Bertz CT molecular complexity index is 1760. The van der Waals surface area contributed by atoms with Crippen LogP contribution < -0.4 is 15.0 Å². The van der Waals surface area contributed by atoms with Gasteiger partial charge >= 0.3 is 6.36 Å². The summed E-state index contributed by atoms with van der Waals surface area (Å²) in [6.07, 6.45) is -7.77. The number of benzene rings is 3. The van der Waals surface area contributed by atoms with Crippen molar-refractivity contribution in [3.05, 3.63) is 89.7 Å². The zero-order chi connectivity index (χ0) is 33.2. The Morgan fingerprint density at radius 2 is 1.76 bits per heavy atom. The molecule has 2 unspecified atom stereocenters. The van der Waals surface area contributed by atoms with Crippen LogP contribution in [-0.4, -0.2) is 49.4 Å². The lowest BCUT2D eigenvalue weighted by molar-refractivity contribution is -0.274. The molecular formula is C31H27F5N6O2S2. The smallest absolute Gasteiger partial charge is 0.406 e. The molecule has 2 atom stereocenters. The Morgan fingerprint density at radius 3 is 2.41 bits per heavy atom. The molecule has 0 spiro atoms. The normalized spacial score (nSPS) is 15.8. The molecule has 8 nitrogen and oxygen atoms in total. The zero-order valence-electron chi connectivity index (χ0n) is 24.6. The van der Waals surface area contributed by atoms with Crippen molar-refractivity contribution in [1.82, 2.24) is 20.1 Å². The lowest BCUT2D eigenvalue weighted by atomic mass is 9.99. The van der Waals surface area contributed by atoms with E-state index in [1.807, 2.05) is 39.0 Å². The number of hydrogen-bond acceptors (Lipinski definition) is 6. The summed E-state index contributed by atoms with van der Waals surface area (Å²) in [5.41, 5.74) is 3.53. The molecule has 1 saturated heterocycles. The number of amidine groups is 1. The fourth-order valence-electron chi connectivity index (χ4n) is 4.63. The largest absolute Gasteiger partial charge is 0.573 e. The van der Waals surface area contributed by atoms with Crippen LogP contribution in [0.1, 0.15) is 42.6 Å². The molecular weight excluding hydrogens is 648 g/mol. The third kappa shape index (κ3) is 7.70. The predicted octanol–water partition coefficient (Wildman–Crippen LogP) is 7.58. The maximum absolute atomic E-state index is 15.2. The van der Waals surface area contributed by atoms with Crippen molar-refractivity contribution in [2.24, 2.45) is 4.99 Å². The highest BCUT2D eigenvalue weighted by Crippen LogP contribution is 2.34. The summed E-state index contributed by atoms with van der Waals surface area (Å²) < 4.78 is 72.6. The number of halogens is 5. The number of nitrogens with one attached hydrogen (secondary N) is 1. The first-order chi connectivity index (χ1) is 21.8. The molecule has 2 heterocycles. The molecule has 1 aliphatic heterocycles. The molecule has 0 saturated carbocycles. The third-order valence-corrected chi connectivity index (χ3v) is 7.98. The molecule has 15 heteroatoms. The molecule has 1 amide bonds. The molecule has 1 N–H and O–H groups in total. The number of thiocarbonyl (C=S) groups is 1. The van der Waals surface area contributed by atoms with E-state index in [0.29, 0.717) is 16.9 Å². The Hall–Kier alpha value is -4.37. The summed E-state index contributed by atoms with van der Waals surface area (Å²) in [6.45, 7) is 5.94. The molecule has 5 rings (SSSR count). The number of carbonyl (C=O) groups excluding carboxylic acids is 1. The van der Waals surface area contributed by atoms with Crippen molar-refractivity contribution in [3.8, 4) is 22.8 Å². The number of aryl methyl sites for hydroxylation is 1. The van der Waals surface area contributed by atoms with Gasteiger partial charge in [0.05, 0.1) is 17.1 Å². The predicted molar refractivity (Wildman–Crippen MR) is 171 cm³/mol. The van der Waals surface area contributed by atoms with Gasteiger partial charge in [-0.2, -0.15) is 4.99 Å². The lowest BCUT2D eigenvalue weighted by Crippen LogP contribution is -2.35. The third-order valence-electron chi connectivity index (χ3n) is 6.84. The summed E-state index contributed by atoms with van der Waals surface area (Å²) in [7, 11) is 0. The first-order valence-corrected chi connectivity index (χ1v) is 15.3. The van der Waals surface area contributed by atoms with Crippen LogP contribution in [0.2, 0.25) is 0 Å². The van der Waals surface area contributed by atoms with Crippen molar-refractivity contribution in [3.63, 3.8) is 0 Å². The van der Waals surface area contributed by atoms with Gasteiger partial charge < -0.3 is 10.1 Å². The fraction of sp³-hybridized carbons (Fsp3) is 0.258. The molecule has 1 fully saturated rings. The van der Waals surface area contributed by atoms with Crippen molar-refractivity contribution >= 4 is 45.9 Å². The monoisotopic (exact) mass is 674 g/mol. The Morgan fingerprint density at radius 1 is 1.07 bits per heavy atom. The van der Waals surface area contributed by atoms with Crippen molar-refractivity contribution in [2.45, 2.75) is 45.5 Å². The second-order valence-corrected chi connectivity index (χ2v) is 11.9. The molecule has 0 aliphatic carbocycles. The van der Waals surface area contributed by atoms with Crippen molar-refractivity contribution in [1.29, 1.82) is 0 Å². The van der Waals surface area contributed by atoms with E-state index in [0.717, 1.165) is 35.0 Å². The summed E-state index contributed by atoms with van der Waals surface area (Å²) in [5, 5.41) is 6.55. The van der Waals surface area contributed by atoms with Crippen LogP contribution in [0.3, 0.4) is 0 Å². The van der Waals surface area contributed by atoms with E-state index in [2.05, 4.69) is 25.1 Å². The average Bonchev–Trinajstić information content (AvgIpc) is 3.63. The second kappa shape index (κ2) is 13.5. The average molecular weight is 675 g/mol. The molecule has 4 aromatic rings. The van der Waals surface area contributed by atoms with Gasteiger partial charge in [0.2, 0.25) is 12.2 Å². The van der Waals surface area contributed by atoms with E-state index in [4.69, 9.17) is 12.2 Å². The molecule has 46 heavy (non-hydrogen) atoms. The van der Waals surface area contributed by atoms with Gasteiger partial charge in [0.1, 0.15) is 12.1 Å². The minimum absolute atomic E-state index is 0.0206. The van der Waals surface area contributed by atoms with Crippen LogP contribution in [0.4, 0.5) is 27.6 Å². The van der Waals surface area contributed by atoms with Crippen LogP contribution >= 0.6 is 24.0 Å². The minimum Gasteiger partial charge on any atom is -0.406 e. The number of hydrogen-bond donors (Lipinski definition) is 1. The summed E-state index contributed by atoms with van der Waals surface area (Å²) in [6, 6.07) is 16.6. The number of anilines is 1. The Labute approximate surface area is 270 Å². The first kappa shape index (κ1) is 33.0. The van der Waals surface area contributed by atoms with E-state index in [9.17, 15) is 18.0 Å². The van der Waals surface area contributed by atoms with Crippen LogP contribution in [0.25, 0.3) is 17.1 Å². The second-order valence-electron chi connectivity index (χ2n) is 10.6. The zero-order valence-corrected chi connectivity index (χ0v) is 26.3. The van der Waals surface area contributed by atoms with Gasteiger partial charge in [0, 0.05) is 5.56 Å². The van der Waals surface area contributed by atoms with Crippen LogP contribution in [0.5, 0.6) is 5.75 Å². The summed E-state index contributed by atoms with van der Waals surface area (Å²) >= 11 is 6.38. The number of amides is 1. The number of carbonyl (C=O) groups is 1. The maximum atomic E-state index is 15.2. The lowest BCUT2D eigenvalue weighted by Gasteiger charge is -2.22. The van der Waals surface area contributed by atoms with Gasteiger partial charge in [-0.1, -0.05) is 62.0 Å². The molecule has 0 radical (unpaired) electrons. The first-order valence-electron chi connectivity index (χ1n) is 13.9. The number of rotatable bonds is 8. The molecule has 1 aromatic heterocycles. The van der Waals surface area contributed by atoms with Gasteiger partial charge in [-0.25, -0.2) is 18.4 Å². The fourth-order valence-corrected chi connectivity index (χ4v) is 5.76. The highest BCUT2D eigenvalue weighted by molar-refractivity contribution is 8.15. The highest BCUT2D eigenvalue weighted by Gasteiger charge is 2.33. The van der Waals surface area contributed by atoms with Crippen LogP contribution in [0.15, 0.2) is 78.0 Å². The van der Waals surface area contributed by atoms with Gasteiger partial charge in [-0.05, 0) is 72.1 Å². The summed E-state index contributed by atoms with van der Waals surface area (Å²) in [4.78, 5) is 22.7. The standard InChI is InChI=1S/C31H27F5N6O2S2/c1-17(2)23-13-4-18(3)14-24(23)42-25(43)15-46-30(42)39-29(45)38-27(33)26(32)19-5-7-20(8-6-19)28-37-16-41(40-28)21-9-11-22(12-10-21)44-31(34,35)36/h4-14,16-17,26-27H,15H2,1-3H3,(H,38,45)/b39-30-. The highest BCUT2D eigenvalue weighted by atomic mass is 32.2. The van der Waals surface area contributed by atoms with Crippen LogP contribution in [0, 0.1) is 6.92 Å². The SMILES string of the molecule is Cc1ccc(C(C)C)c(N2C(=O)CS/C2=N\C(=S)NC(F)C(F)c2ccc(-c3ncn(-c4ccc(OC(F)(F)F)cc4)n3)cc2)c1. The van der Waals surface area contributed by atoms with Gasteiger partial charge in [0.15, 0.2) is 22.3 Å². The quantitative estimate of drug-likeness (QED) is 0.117. The number of ether oxygens (including phenoxy) is 1. The Kier molecular flexibility index (Phi) is 9.72. The van der Waals surface area contributed by atoms with E-state index in [1.165, 1.54) is 52.3 Å². The van der Waals surface area contributed by atoms with Crippen LogP contribution in [-0.2, 0) is 4.79 Å². The molecule has 3 aromatic carbocycles. The van der Waals surface area contributed by atoms with Crippen molar-refractivity contribution in [2.75, 3.05) is 10.7 Å². The Balaban J connectivity index is 1.24. The van der Waals surface area contributed by atoms with Gasteiger partial charge in [-0.15, -0.1) is 18.3 Å². The number of alkyl halides is 5. The van der Waals surface area contributed by atoms with E-state index < -0.39 is 18.8 Å². The molecule has 1 aliphatic rings. The molecule has 0 bridgehead atoms. The van der Waals surface area contributed by atoms with E-state index in [-0.39, 0.29) is 45.0 Å². The van der Waals surface area contributed by atoms with E-state index in [1.54, 1.807) is 0 Å². The number of nitrogens with zero attached hydrogens (tertiary/aromatic N) is 5.